The monoisotopic (exact) mass is 297 g/mol. The topological polar surface area (TPSA) is 40.5 Å². The van der Waals surface area contributed by atoms with Crippen LogP contribution in [0.4, 0.5) is 0 Å². The van der Waals surface area contributed by atoms with Crippen molar-refractivity contribution in [3.8, 4) is 0 Å². The number of hydrogen-bond acceptors (Lipinski definition) is 2. The Hall–Kier alpha value is -1.06. The summed E-state index contributed by atoms with van der Waals surface area (Å²) in [5, 5.41) is 9.84. The lowest BCUT2D eigenvalue weighted by Gasteiger charge is -2.30. The zero-order chi connectivity index (χ0) is 15.0. The van der Waals surface area contributed by atoms with E-state index in [1.807, 2.05) is 24.3 Å². The number of halogens is 1. The molecular formula is C16H24ClNO2. The van der Waals surface area contributed by atoms with Crippen LogP contribution < -0.4 is 0 Å². The summed E-state index contributed by atoms with van der Waals surface area (Å²) in [5.74, 6) is -0.737. The molecule has 1 atom stereocenters. The first-order valence-electron chi connectivity index (χ1n) is 7.27. The number of carbonyl (C=O) groups is 1. The fourth-order valence-corrected chi connectivity index (χ4v) is 2.51. The lowest BCUT2D eigenvalue weighted by Crippen LogP contribution is -2.39. The third-order valence-electron chi connectivity index (χ3n) is 3.52. The van der Waals surface area contributed by atoms with E-state index < -0.39 is 5.97 Å². The first-order chi connectivity index (χ1) is 9.56. The number of hydrogen-bond donors (Lipinski definition) is 1. The summed E-state index contributed by atoms with van der Waals surface area (Å²) in [5.41, 5.74) is 1.13. The molecule has 1 aromatic carbocycles. The predicted octanol–water partition coefficient (Wildman–Crippen LogP) is 3.85. The van der Waals surface area contributed by atoms with Crippen LogP contribution in [0.15, 0.2) is 24.3 Å². The van der Waals surface area contributed by atoms with Crippen molar-refractivity contribution >= 4 is 17.6 Å². The maximum absolute atomic E-state index is 11.1. The average molecular weight is 298 g/mol. The standard InChI is InChI=1S/C16H24ClNO2/c1-3-5-10-18(4-2)15(12-16(19)20)11-13-6-8-14(17)9-7-13/h6-9,15H,3-5,10-12H2,1-2H3,(H,19,20). The second kappa shape index (κ2) is 8.98. The average Bonchev–Trinajstić information content (AvgIpc) is 2.41. The second-order valence-corrected chi connectivity index (χ2v) is 5.50. The Kier molecular flexibility index (Phi) is 7.63. The quantitative estimate of drug-likeness (QED) is 0.752. The third-order valence-corrected chi connectivity index (χ3v) is 3.77. The smallest absolute Gasteiger partial charge is 0.304 e. The van der Waals surface area contributed by atoms with E-state index in [-0.39, 0.29) is 12.5 Å². The van der Waals surface area contributed by atoms with Gasteiger partial charge in [0.05, 0.1) is 6.42 Å². The Labute approximate surface area is 126 Å². The maximum atomic E-state index is 11.1. The summed E-state index contributed by atoms with van der Waals surface area (Å²) in [6.45, 7) is 6.08. The van der Waals surface area contributed by atoms with Gasteiger partial charge in [0.25, 0.3) is 0 Å². The van der Waals surface area contributed by atoms with E-state index in [1.54, 1.807) is 0 Å². The molecule has 112 valence electrons. The summed E-state index contributed by atoms with van der Waals surface area (Å²) in [6.07, 6.45) is 3.16. The highest BCUT2D eigenvalue weighted by molar-refractivity contribution is 6.30. The zero-order valence-corrected chi connectivity index (χ0v) is 13.1. The number of aliphatic carboxylic acids is 1. The van der Waals surface area contributed by atoms with E-state index >= 15 is 0 Å². The molecule has 0 radical (unpaired) electrons. The third kappa shape index (κ3) is 5.93. The molecule has 1 unspecified atom stereocenters. The normalized spacial score (nSPS) is 12.6. The Bertz CT molecular complexity index is 405. The molecule has 0 heterocycles. The van der Waals surface area contributed by atoms with Crippen molar-refractivity contribution in [1.82, 2.24) is 4.90 Å². The lowest BCUT2D eigenvalue weighted by atomic mass is 10.0. The number of unbranched alkanes of at least 4 members (excludes halogenated alkanes) is 1. The Morgan fingerprint density at radius 1 is 1.30 bits per heavy atom. The van der Waals surface area contributed by atoms with Gasteiger partial charge in [-0.2, -0.15) is 0 Å². The Morgan fingerprint density at radius 3 is 2.45 bits per heavy atom. The fraction of sp³-hybridized carbons (Fsp3) is 0.562. The van der Waals surface area contributed by atoms with Gasteiger partial charge in [0, 0.05) is 11.1 Å². The molecule has 1 N–H and O–H groups in total. The number of nitrogens with zero attached hydrogens (tertiary/aromatic N) is 1. The van der Waals surface area contributed by atoms with Crippen LogP contribution in [-0.4, -0.2) is 35.1 Å². The second-order valence-electron chi connectivity index (χ2n) is 5.06. The number of carboxylic acids is 1. The van der Waals surface area contributed by atoms with Crippen molar-refractivity contribution in [2.75, 3.05) is 13.1 Å². The fourth-order valence-electron chi connectivity index (χ4n) is 2.38. The van der Waals surface area contributed by atoms with Gasteiger partial charge in [-0.3, -0.25) is 9.69 Å². The number of carboxylic acid groups (broad SMARTS) is 1. The molecular weight excluding hydrogens is 274 g/mol. The van der Waals surface area contributed by atoms with Crippen molar-refractivity contribution in [3.05, 3.63) is 34.9 Å². The van der Waals surface area contributed by atoms with E-state index in [0.717, 1.165) is 37.9 Å². The molecule has 0 saturated carbocycles. The van der Waals surface area contributed by atoms with Gasteiger partial charge < -0.3 is 5.11 Å². The van der Waals surface area contributed by atoms with E-state index in [4.69, 9.17) is 16.7 Å². The highest BCUT2D eigenvalue weighted by atomic mass is 35.5. The van der Waals surface area contributed by atoms with Crippen LogP contribution in [0.1, 0.15) is 38.7 Å². The van der Waals surface area contributed by atoms with E-state index in [0.29, 0.717) is 5.02 Å². The summed E-state index contributed by atoms with van der Waals surface area (Å²) in [6, 6.07) is 7.72. The summed E-state index contributed by atoms with van der Waals surface area (Å²) < 4.78 is 0. The van der Waals surface area contributed by atoms with Gasteiger partial charge in [-0.05, 0) is 43.6 Å². The van der Waals surface area contributed by atoms with Gasteiger partial charge in [0.1, 0.15) is 0 Å². The number of likely N-dealkylation sites (N-methyl/N-ethyl adjacent to an activating group) is 1. The number of rotatable bonds is 9. The highest BCUT2D eigenvalue weighted by Gasteiger charge is 2.20. The molecule has 0 bridgehead atoms. The van der Waals surface area contributed by atoms with Crippen LogP contribution >= 0.6 is 11.6 Å². The van der Waals surface area contributed by atoms with E-state index in [1.165, 1.54) is 0 Å². The van der Waals surface area contributed by atoms with Crippen LogP contribution in [0.25, 0.3) is 0 Å². The first kappa shape index (κ1) is 17.0. The van der Waals surface area contributed by atoms with Crippen LogP contribution in [0.3, 0.4) is 0 Å². The first-order valence-corrected chi connectivity index (χ1v) is 7.64. The van der Waals surface area contributed by atoms with Gasteiger partial charge in [0.15, 0.2) is 0 Å². The maximum Gasteiger partial charge on any atom is 0.304 e. The highest BCUT2D eigenvalue weighted by Crippen LogP contribution is 2.16. The van der Waals surface area contributed by atoms with Gasteiger partial charge >= 0.3 is 5.97 Å². The largest absolute Gasteiger partial charge is 0.481 e. The molecule has 0 amide bonds. The Balaban J connectivity index is 2.76. The minimum atomic E-state index is -0.737. The molecule has 0 spiro atoms. The molecule has 0 aliphatic rings. The molecule has 3 nitrogen and oxygen atoms in total. The molecule has 20 heavy (non-hydrogen) atoms. The van der Waals surface area contributed by atoms with Crippen molar-refractivity contribution in [2.45, 2.75) is 45.6 Å². The van der Waals surface area contributed by atoms with Crippen LogP contribution in [0.5, 0.6) is 0 Å². The minimum absolute atomic E-state index is 0.0465. The Morgan fingerprint density at radius 2 is 1.95 bits per heavy atom. The summed E-state index contributed by atoms with van der Waals surface area (Å²) in [4.78, 5) is 13.4. The van der Waals surface area contributed by atoms with Gasteiger partial charge in [0.2, 0.25) is 0 Å². The predicted molar refractivity (Wildman–Crippen MR) is 83.4 cm³/mol. The zero-order valence-electron chi connectivity index (χ0n) is 12.3. The van der Waals surface area contributed by atoms with Crippen molar-refractivity contribution in [1.29, 1.82) is 0 Å². The molecule has 0 aliphatic carbocycles. The molecule has 0 fully saturated rings. The molecule has 0 saturated heterocycles. The lowest BCUT2D eigenvalue weighted by molar-refractivity contribution is -0.138. The summed E-state index contributed by atoms with van der Waals surface area (Å²) >= 11 is 5.89. The molecule has 1 aromatic rings. The minimum Gasteiger partial charge on any atom is -0.481 e. The van der Waals surface area contributed by atoms with Gasteiger partial charge in [-0.1, -0.05) is 44.0 Å². The number of benzene rings is 1. The summed E-state index contributed by atoms with van der Waals surface area (Å²) in [7, 11) is 0. The van der Waals surface area contributed by atoms with E-state index in [9.17, 15) is 4.79 Å². The van der Waals surface area contributed by atoms with E-state index in [2.05, 4.69) is 18.7 Å². The molecule has 4 heteroatoms. The van der Waals surface area contributed by atoms with Crippen molar-refractivity contribution < 1.29 is 9.90 Å². The van der Waals surface area contributed by atoms with Crippen LogP contribution in [0, 0.1) is 0 Å². The SMILES string of the molecule is CCCCN(CC)C(CC(=O)O)Cc1ccc(Cl)cc1. The molecule has 0 aromatic heterocycles. The molecule has 0 aliphatic heterocycles. The van der Waals surface area contributed by atoms with Crippen molar-refractivity contribution in [2.24, 2.45) is 0 Å². The van der Waals surface area contributed by atoms with Crippen LogP contribution in [0.2, 0.25) is 5.02 Å². The van der Waals surface area contributed by atoms with Crippen molar-refractivity contribution in [3.63, 3.8) is 0 Å². The van der Waals surface area contributed by atoms with Gasteiger partial charge in [-0.25, -0.2) is 0 Å². The molecule has 1 rings (SSSR count). The van der Waals surface area contributed by atoms with Crippen LogP contribution in [-0.2, 0) is 11.2 Å². The van der Waals surface area contributed by atoms with Gasteiger partial charge in [-0.15, -0.1) is 0 Å².